The first-order chi connectivity index (χ1) is 14.3. The van der Waals surface area contributed by atoms with Crippen molar-refractivity contribution in [1.29, 1.82) is 0 Å². The zero-order valence-electron chi connectivity index (χ0n) is 18.3. The molecule has 1 saturated carbocycles. The standard InChI is InChI=1S/C28H36O/c1-3-5-6-7-23-8-10-24(11-9-23)12-13-25-14-16-26(17-15-25)27-18-20-28(21-19-27)29-22-4-2/h14-21,23-24H,3-11,22H2,1-2H3. The maximum absolute atomic E-state index is 5.67. The number of ether oxygens (including phenoxy) is 1. The summed E-state index contributed by atoms with van der Waals surface area (Å²) in [5.74, 6) is 9.46. The summed E-state index contributed by atoms with van der Waals surface area (Å²) < 4.78 is 5.67. The van der Waals surface area contributed by atoms with Crippen molar-refractivity contribution in [3.05, 3.63) is 54.1 Å². The van der Waals surface area contributed by atoms with E-state index in [-0.39, 0.29) is 0 Å². The second kappa shape index (κ2) is 11.7. The van der Waals surface area contributed by atoms with Crippen LogP contribution < -0.4 is 4.74 Å². The van der Waals surface area contributed by atoms with Gasteiger partial charge in [0.1, 0.15) is 5.75 Å². The normalized spacial score (nSPS) is 18.7. The van der Waals surface area contributed by atoms with Gasteiger partial charge in [0, 0.05) is 11.5 Å². The van der Waals surface area contributed by atoms with E-state index in [1.807, 2.05) is 0 Å². The predicted octanol–water partition coefficient (Wildman–Crippen LogP) is 7.88. The van der Waals surface area contributed by atoms with Crippen LogP contribution in [0.3, 0.4) is 0 Å². The van der Waals surface area contributed by atoms with Crippen molar-refractivity contribution in [3.63, 3.8) is 0 Å². The van der Waals surface area contributed by atoms with E-state index in [4.69, 9.17) is 4.74 Å². The number of hydrogen-bond donors (Lipinski definition) is 0. The van der Waals surface area contributed by atoms with Gasteiger partial charge in [-0.05, 0) is 73.4 Å². The van der Waals surface area contributed by atoms with Crippen molar-refractivity contribution in [3.8, 4) is 28.7 Å². The van der Waals surface area contributed by atoms with Crippen LogP contribution in [0.15, 0.2) is 48.5 Å². The Morgan fingerprint density at radius 2 is 1.45 bits per heavy atom. The van der Waals surface area contributed by atoms with Crippen LogP contribution in [0.5, 0.6) is 5.75 Å². The van der Waals surface area contributed by atoms with E-state index in [2.05, 4.69) is 74.2 Å². The maximum atomic E-state index is 5.67. The Labute approximate surface area is 177 Å². The minimum absolute atomic E-state index is 0.591. The van der Waals surface area contributed by atoms with E-state index in [1.54, 1.807) is 0 Å². The molecule has 0 spiro atoms. The second-order valence-electron chi connectivity index (χ2n) is 8.43. The van der Waals surface area contributed by atoms with Crippen molar-refractivity contribution in [2.75, 3.05) is 6.61 Å². The molecule has 1 aliphatic carbocycles. The number of unbranched alkanes of at least 4 members (excludes halogenated alkanes) is 2. The monoisotopic (exact) mass is 388 g/mol. The van der Waals surface area contributed by atoms with Gasteiger partial charge >= 0.3 is 0 Å². The first kappa shape index (κ1) is 21.5. The Morgan fingerprint density at radius 1 is 0.793 bits per heavy atom. The van der Waals surface area contributed by atoms with Crippen LogP contribution in [0.1, 0.15) is 77.2 Å². The summed E-state index contributed by atoms with van der Waals surface area (Å²) in [6.07, 6.45) is 11.9. The predicted molar refractivity (Wildman–Crippen MR) is 124 cm³/mol. The molecule has 0 heterocycles. The highest BCUT2D eigenvalue weighted by Gasteiger charge is 2.19. The Bertz CT molecular complexity index is 768. The Hall–Kier alpha value is -2.20. The molecule has 2 aromatic rings. The van der Waals surface area contributed by atoms with Gasteiger partial charge in [-0.15, -0.1) is 0 Å². The highest BCUT2D eigenvalue weighted by atomic mass is 16.5. The fraction of sp³-hybridized carbons (Fsp3) is 0.500. The van der Waals surface area contributed by atoms with E-state index in [9.17, 15) is 0 Å². The zero-order valence-corrected chi connectivity index (χ0v) is 18.3. The molecule has 1 aliphatic rings. The van der Waals surface area contributed by atoms with Gasteiger partial charge in [0.2, 0.25) is 0 Å². The Kier molecular flexibility index (Phi) is 8.69. The SMILES string of the molecule is CCCCCC1CCC(C#Cc2ccc(-c3ccc(OCCC)cc3)cc2)CC1. The maximum Gasteiger partial charge on any atom is 0.119 e. The van der Waals surface area contributed by atoms with E-state index in [0.717, 1.165) is 30.3 Å². The minimum Gasteiger partial charge on any atom is -0.494 e. The van der Waals surface area contributed by atoms with Gasteiger partial charge < -0.3 is 4.74 Å². The molecule has 29 heavy (non-hydrogen) atoms. The Morgan fingerprint density at radius 3 is 2.07 bits per heavy atom. The lowest BCUT2D eigenvalue weighted by atomic mass is 9.80. The van der Waals surface area contributed by atoms with Gasteiger partial charge in [-0.3, -0.25) is 0 Å². The van der Waals surface area contributed by atoms with Gasteiger partial charge in [0.25, 0.3) is 0 Å². The van der Waals surface area contributed by atoms with E-state index in [1.165, 1.54) is 62.5 Å². The molecular weight excluding hydrogens is 352 g/mol. The van der Waals surface area contributed by atoms with Crippen LogP contribution in [0, 0.1) is 23.7 Å². The van der Waals surface area contributed by atoms with Gasteiger partial charge in [-0.2, -0.15) is 0 Å². The van der Waals surface area contributed by atoms with Crippen LogP contribution in [0.25, 0.3) is 11.1 Å². The van der Waals surface area contributed by atoms with E-state index < -0.39 is 0 Å². The molecule has 0 saturated heterocycles. The number of benzene rings is 2. The first-order valence-corrected chi connectivity index (χ1v) is 11.6. The van der Waals surface area contributed by atoms with E-state index >= 15 is 0 Å². The van der Waals surface area contributed by atoms with Crippen molar-refractivity contribution < 1.29 is 4.74 Å². The molecule has 0 radical (unpaired) electrons. The summed E-state index contributed by atoms with van der Waals surface area (Å²) in [7, 11) is 0. The van der Waals surface area contributed by atoms with Gasteiger partial charge in [-0.1, -0.05) is 75.6 Å². The lowest BCUT2D eigenvalue weighted by Gasteiger charge is -2.25. The first-order valence-electron chi connectivity index (χ1n) is 11.6. The molecule has 0 aliphatic heterocycles. The molecular formula is C28H36O. The quantitative estimate of drug-likeness (QED) is 0.330. The van der Waals surface area contributed by atoms with Crippen LogP contribution >= 0.6 is 0 Å². The molecule has 3 rings (SSSR count). The van der Waals surface area contributed by atoms with E-state index in [0.29, 0.717) is 5.92 Å². The molecule has 0 bridgehead atoms. The fourth-order valence-corrected chi connectivity index (χ4v) is 4.17. The van der Waals surface area contributed by atoms with Crippen molar-refractivity contribution in [2.24, 2.45) is 11.8 Å². The van der Waals surface area contributed by atoms with Crippen LogP contribution in [0.4, 0.5) is 0 Å². The van der Waals surface area contributed by atoms with Crippen LogP contribution in [-0.4, -0.2) is 6.61 Å². The zero-order chi connectivity index (χ0) is 20.3. The summed E-state index contributed by atoms with van der Waals surface area (Å²) in [6.45, 7) is 5.18. The molecule has 0 N–H and O–H groups in total. The van der Waals surface area contributed by atoms with Crippen molar-refractivity contribution in [2.45, 2.75) is 71.6 Å². The lowest BCUT2D eigenvalue weighted by Crippen LogP contribution is -2.13. The van der Waals surface area contributed by atoms with Crippen LogP contribution in [-0.2, 0) is 0 Å². The number of rotatable bonds is 8. The van der Waals surface area contributed by atoms with Gasteiger partial charge in [-0.25, -0.2) is 0 Å². The average Bonchev–Trinajstić information content (AvgIpc) is 2.78. The molecule has 1 fully saturated rings. The third-order valence-electron chi connectivity index (χ3n) is 6.03. The molecule has 0 atom stereocenters. The van der Waals surface area contributed by atoms with Gasteiger partial charge in [0.15, 0.2) is 0 Å². The third kappa shape index (κ3) is 6.97. The largest absolute Gasteiger partial charge is 0.494 e. The Balaban J connectivity index is 1.50. The van der Waals surface area contributed by atoms with Crippen LogP contribution in [0.2, 0.25) is 0 Å². The summed E-state index contributed by atoms with van der Waals surface area (Å²) in [5.41, 5.74) is 3.57. The summed E-state index contributed by atoms with van der Waals surface area (Å²) in [5, 5.41) is 0. The topological polar surface area (TPSA) is 9.23 Å². The molecule has 0 aromatic heterocycles. The third-order valence-corrected chi connectivity index (χ3v) is 6.03. The molecule has 0 amide bonds. The second-order valence-corrected chi connectivity index (χ2v) is 8.43. The molecule has 2 aromatic carbocycles. The molecule has 1 heteroatoms. The van der Waals surface area contributed by atoms with Gasteiger partial charge in [0.05, 0.1) is 6.61 Å². The molecule has 154 valence electrons. The summed E-state index contributed by atoms with van der Waals surface area (Å²) >= 11 is 0. The van der Waals surface area contributed by atoms with Crippen molar-refractivity contribution >= 4 is 0 Å². The average molecular weight is 389 g/mol. The number of hydrogen-bond acceptors (Lipinski definition) is 1. The summed E-state index contributed by atoms with van der Waals surface area (Å²) in [6, 6.07) is 17.0. The smallest absolute Gasteiger partial charge is 0.119 e. The highest BCUT2D eigenvalue weighted by molar-refractivity contribution is 5.65. The molecule has 1 nitrogen and oxygen atoms in total. The minimum atomic E-state index is 0.591. The lowest BCUT2D eigenvalue weighted by molar-refractivity contribution is 0.294. The van der Waals surface area contributed by atoms with Crippen molar-refractivity contribution in [1.82, 2.24) is 0 Å². The highest BCUT2D eigenvalue weighted by Crippen LogP contribution is 2.31. The molecule has 0 unspecified atom stereocenters. The summed E-state index contributed by atoms with van der Waals surface area (Å²) in [4.78, 5) is 0. The fourth-order valence-electron chi connectivity index (χ4n) is 4.17.